The number of para-hydroxylation sites is 1. The van der Waals surface area contributed by atoms with Gasteiger partial charge in [-0.25, -0.2) is 0 Å². The summed E-state index contributed by atoms with van der Waals surface area (Å²) in [6, 6.07) is 24.1. The van der Waals surface area contributed by atoms with E-state index in [0.717, 1.165) is 64.9 Å². The molecule has 0 aliphatic carbocycles. The number of hydrogen-bond acceptors (Lipinski definition) is 2. The first kappa shape index (κ1) is 21.9. The van der Waals surface area contributed by atoms with Gasteiger partial charge in [0.15, 0.2) is 0 Å². The zero-order valence-electron chi connectivity index (χ0n) is 18.3. The monoisotopic (exact) mass is 477 g/mol. The molecule has 0 spiro atoms. The number of piperazine rings is 1. The smallest absolute Gasteiger partial charge is 0.227 e. The van der Waals surface area contributed by atoms with Crippen molar-refractivity contribution in [2.75, 3.05) is 31.1 Å². The van der Waals surface area contributed by atoms with E-state index in [1.54, 1.807) is 0 Å². The maximum atomic E-state index is 13.2. The highest BCUT2D eigenvalue weighted by molar-refractivity contribution is 6.31. The molecule has 0 atom stereocenters. The van der Waals surface area contributed by atoms with Crippen LogP contribution < -0.4 is 4.90 Å². The highest BCUT2D eigenvalue weighted by Gasteiger charge is 2.22. The van der Waals surface area contributed by atoms with Gasteiger partial charge in [-0.1, -0.05) is 59.6 Å². The van der Waals surface area contributed by atoms with Gasteiger partial charge in [-0.15, -0.1) is 0 Å². The average Bonchev–Trinajstić information content (AvgIpc) is 3.17. The minimum Gasteiger partial charge on any atom is -0.368 e. The number of carbonyl (C=O) groups is 1. The minimum atomic E-state index is 0.176. The third-order valence-corrected chi connectivity index (χ3v) is 6.77. The largest absolute Gasteiger partial charge is 0.368 e. The van der Waals surface area contributed by atoms with Gasteiger partial charge >= 0.3 is 0 Å². The van der Waals surface area contributed by atoms with Crippen molar-refractivity contribution >= 4 is 45.7 Å². The van der Waals surface area contributed by atoms with Crippen LogP contribution in [-0.2, 0) is 17.8 Å². The molecule has 4 nitrogen and oxygen atoms in total. The molecule has 0 N–H and O–H groups in total. The highest BCUT2D eigenvalue weighted by Crippen LogP contribution is 2.25. The molecule has 0 unspecified atom stereocenters. The lowest BCUT2D eigenvalue weighted by molar-refractivity contribution is -0.130. The number of benzene rings is 3. The number of fused-ring (bicyclic) bond motifs is 1. The predicted octanol–water partition coefficient (Wildman–Crippen LogP) is 5.89. The molecule has 1 aromatic heterocycles. The summed E-state index contributed by atoms with van der Waals surface area (Å²) in [6.07, 6.45) is 2.53. The second kappa shape index (κ2) is 9.50. The zero-order valence-corrected chi connectivity index (χ0v) is 19.8. The predicted molar refractivity (Wildman–Crippen MR) is 136 cm³/mol. The Morgan fingerprint density at radius 3 is 2.33 bits per heavy atom. The Hall–Kier alpha value is -2.95. The molecular formula is C27H25Cl2N3O. The van der Waals surface area contributed by atoms with E-state index in [1.165, 1.54) is 5.56 Å². The first-order valence-electron chi connectivity index (χ1n) is 11.2. The van der Waals surface area contributed by atoms with Crippen LogP contribution in [0.25, 0.3) is 10.9 Å². The van der Waals surface area contributed by atoms with Gasteiger partial charge in [-0.05, 0) is 47.5 Å². The minimum absolute atomic E-state index is 0.176. The SMILES string of the molecule is O=C(Cc1cn(Cc2ccc(Cl)cc2)c2ccccc12)N1CCN(c2cccc(Cl)c2)CC1. The molecule has 1 aliphatic heterocycles. The van der Waals surface area contributed by atoms with Crippen LogP contribution in [-0.4, -0.2) is 41.6 Å². The van der Waals surface area contributed by atoms with E-state index in [0.29, 0.717) is 6.42 Å². The van der Waals surface area contributed by atoms with Gasteiger partial charge < -0.3 is 14.4 Å². The van der Waals surface area contributed by atoms with Crippen molar-refractivity contribution < 1.29 is 4.79 Å². The van der Waals surface area contributed by atoms with Crippen molar-refractivity contribution in [3.63, 3.8) is 0 Å². The zero-order chi connectivity index (χ0) is 22.8. The number of hydrogen-bond donors (Lipinski definition) is 0. The number of anilines is 1. The lowest BCUT2D eigenvalue weighted by Gasteiger charge is -2.36. The van der Waals surface area contributed by atoms with Crippen LogP contribution in [0.4, 0.5) is 5.69 Å². The number of halogens is 2. The number of amides is 1. The normalized spacial score (nSPS) is 14.1. The van der Waals surface area contributed by atoms with Gasteiger partial charge in [0, 0.05) is 65.6 Å². The van der Waals surface area contributed by atoms with E-state index < -0.39 is 0 Å². The highest BCUT2D eigenvalue weighted by atomic mass is 35.5. The molecule has 0 bridgehead atoms. The first-order chi connectivity index (χ1) is 16.1. The Morgan fingerprint density at radius 1 is 0.818 bits per heavy atom. The molecule has 2 heterocycles. The number of rotatable bonds is 5. The summed E-state index contributed by atoms with van der Waals surface area (Å²) in [4.78, 5) is 17.4. The lowest BCUT2D eigenvalue weighted by atomic mass is 10.1. The number of nitrogens with zero attached hydrogens (tertiary/aromatic N) is 3. The maximum Gasteiger partial charge on any atom is 0.227 e. The van der Waals surface area contributed by atoms with Crippen LogP contribution in [0.3, 0.4) is 0 Å². The molecule has 5 rings (SSSR count). The van der Waals surface area contributed by atoms with Gasteiger partial charge in [-0.2, -0.15) is 0 Å². The summed E-state index contributed by atoms with van der Waals surface area (Å²) >= 11 is 12.2. The van der Waals surface area contributed by atoms with Crippen molar-refractivity contribution in [3.05, 3.63) is 100 Å². The van der Waals surface area contributed by atoms with Gasteiger partial charge in [0.05, 0.1) is 6.42 Å². The maximum absolute atomic E-state index is 13.2. The second-order valence-corrected chi connectivity index (χ2v) is 9.32. The van der Waals surface area contributed by atoms with Gasteiger partial charge in [0.25, 0.3) is 0 Å². The molecule has 1 fully saturated rings. The molecule has 1 aliphatic rings. The molecule has 4 aromatic rings. The fourth-order valence-electron chi connectivity index (χ4n) is 4.54. The molecule has 0 saturated carbocycles. The Kier molecular flexibility index (Phi) is 6.30. The molecule has 3 aromatic carbocycles. The van der Waals surface area contributed by atoms with E-state index in [2.05, 4.69) is 33.9 Å². The average molecular weight is 478 g/mol. The summed E-state index contributed by atoms with van der Waals surface area (Å²) in [5, 5.41) is 2.61. The number of carbonyl (C=O) groups excluding carboxylic acids is 1. The summed E-state index contributed by atoms with van der Waals surface area (Å²) < 4.78 is 2.22. The van der Waals surface area contributed by atoms with E-state index >= 15 is 0 Å². The number of aromatic nitrogens is 1. The van der Waals surface area contributed by atoms with E-state index in [4.69, 9.17) is 23.2 Å². The lowest BCUT2D eigenvalue weighted by Crippen LogP contribution is -2.49. The second-order valence-electron chi connectivity index (χ2n) is 8.45. The third kappa shape index (κ3) is 4.87. The van der Waals surface area contributed by atoms with Gasteiger partial charge in [-0.3, -0.25) is 4.79 Å². The van der Waals surface area contributed by atoms with Crippen molar-refractivity contribution in [2.45, 2.75) is 13.0 Å². The Labute approximate surface area is 203 Å². The molecule has 33 heavy (non-hydrogen) atoms. The molecule has 6 heteroatoms. The van der Waals surface area contributed by atoms with Crippen LogP contribution in [0.15, 0.2) is 79.0 Å². The van der Waals surface area contributed by atoms with Crippen LogP contribution in [0.2, 0.25) is 10.0 Å². The van der Waals surface area contributed by atoms with Crippen molar-refractivity contribution in [1.29, 1.82) is 0 Å². The Morgan fingerprint density at radius 2 is 1.58 bits per heavy atom. The summed E-state index contributed by atoms with van der Waals surface area (Å²) in [5.74, 6) is 0.176. The Balaban J connectivity index is 1.29. The molecule has 1 saturated heterocycles. The summed E-state index contributed by atoms with van der Waals surface area (Å²) in [7, 11) is 0. The molecule has 168 valence electrons. The van der Waals surface area contributed by atoms with Crippen molar-refractivity contribution in [2.24, 2.45) is 0 Å². The molecular weight excluding hydrogens is 453 g/mol. The van der Waals surface area contributed by atoms with Gasteiger partial charge in [0.2, 0.25) is 5.91 Å². The quantitative estimate of drug-likeness (QED) is 0.358. The van der Waals surface area contributed by atoms with Crippen LogP contribution in [0, 0.1) is 0 Å². The first-order valence-corrected chi connectivity index (χ1v) is 11.9. The summed E-state index contributed by atoms with van der Waals surface area (Å²) in [6.45, 7) is 3.79. The van der Waals surface area contributed by atoms with E-state index in [-0.39, 0.29) is 5.91 Å². The summed E-state index contributed by atoms with van der Waals surface area (Å²) in [5.41, 5.74) is 4.50. The van der Waals surface area contributed by atoms with Crippen LogP contribution in [0.5, 0.6) is 0 Å². The van der Waals surface area contributed by atoms with Crippen molar-refractivity contribution in [3.8, 4) is 0 Å². The molecule has 1 amide bonds. The fourth-order valence-corrected chi connectivity index (χ4v) is 4.85. The van der Waals surface area contributed by atoms with Gasteiger partial charge in [0.1, 0.15) is 0 Å². The third-order valence-electron chi connectivity index (χ3n) is 6.28. The van der Waals surface area contributed by atoms with Crippen LogP contribution >= 0.6 is 23.2 Å². The Bertz CT molecular complexity index is 1270. The topological polar surface area (TPSA) is 28.5 Å². The fraction of sp³-hybridized carbons (Fsp3) is 0.222. The van der Waals surface area contributed by atoms with Crippen LogP contribution in [0.1, 0.15) is 11.1 Å². The molecule has 0 radical (unpaired) electrons. The standard InChI is InChI=1S/C27H25Cl2N3O/c28-22-10-8-20(9-11-22)18-32-19-21(25-6-1-2-7-26(25)32)16-27(33)31-14-12-30(13-15-31)24-5-3-4-23(29)17-24/h1-11,17,19H,12-16,18H2. The van der Waals surface area contributed by atoms with Crippen molar-refractivity contribution in [1.82, 2.24) is 9.47 Å². The van der Waals surface area contributed by atoms with E-state index in [9.17, 15) is 4.79 Å². The van der Waals surface area contributed by atoms with E-state index in [1.807, 2.05) is 59.5 Å².